The molecule has 0 aliphatic carbocycles. The molecule has 22 heavy (non-hydrogen) atoms. The van der Waals surface area contributed by atoms with Crippen LogP contribution >= 0.6 is 0 Å². The molecule has 2 aromatic rings. The van der Waals surface area contributed by atoms with Crippen LogP contribution in [0.5, 0.6) is 0 Å². The van der Waals surface area contributed by atoms with Gasteiger partial charge in [0.1, 0.15) is 5.69 Å². The maximum Gasteiger partial charge on any atom is 0.289 e. The molecular formula is C13H6F5N3O. The second-order valence-corrected chi connectivity index (χ2v) is 3.90. The zero-order chi connectivity index (χ0) is 16.3. The molecule has 0 saturated heterocycles. The monoisotopic (exact) mass is 315 g/mol. The first kappa shape index (κ1) is 15.5. The van der Waals surface area contributed by atoms with Crippen molar-refractivity contribution in [3.63, 3.8) is 0 Å². The maximum absolute atomic E-state index is 13.3. The lowest BCUT2D eigenvalue weighted by atomic mass is 10.2. The number of benzene rings is 1. The maximum atomic E-state index is 13.3. The molecular weight excluding hydrogens is 309 g/mol. The van der Waals surface area contributed by atoms with Crippen molar-refractivity contribution in [2.45, 2.75) is 0 Å². The molecule has 4 nitrogen and oxygen atoms in total. The van der Waals surface area contributed by atoms with E-state index in [1.54, 1.807) is 6.07 Å². The van der Waals surface area contributed by atoms with Crippen molar-refractivity contribution in [1.82, 2.24) is 10.4 Å². The van der Waals surface area contributed by atoms with Crippen molar-refractivity contribution in [2.24, 2.45) is 5.10 Å². The molecule has 2 rings (SSSR count). The Bertz CT molecular complexity index is 720. The predicted molar refractivity (Wildman–Crippen MR) is 65.5 cm³/mol. The first-order valence-corrected chi connectivity index (χ1v) is 5.69. The van der Waals surface area contributed by atoms with E-state index in [0.29, 0.717) is 6.21 Å². The number of hydrazone groups is 1. The van der Waals surface area contributed by atoms with E-state index in [2.05, 4.69) is 10.1 Å². The summed E-state index contributed by atoms with van der Waals surface area (Å²) in [6, 6.07) is 4.40. The summed E-state index contributed by atoms with van der Waals surface area (Å²) in [5, 5.41) is 3.15. The fourth-order valence-corrected chi connectivity index (χ4v) is 1.45. The molecule has 0 spiro atoms. The van der Waals surface area contributed by atoms with Crippen LogP contribution in [0.15, 0.2) is 29.5 Å². The molecule has 0 radical (unpaired) electrons. The predicted octanol–water partition coefficient (Wildman–Crippen LogP) is 2.54. The number of nitrogens with one attached hydrogen (secondary N) is 1. The van der Waals surface area contributed by atoms with Crippen LogP contribution in [-0.4, -0.2) is 17.1 Å². The molecule has 9 heteroatoms. The van der Waals surface area contributed by atoms with Gasteiger partial charge < -0.3 is 0 Å². The van der Waals surface area contributed by atoms with Gasteiger partial charge in [-0.2, -0.15) is 5.10 Å². The topological polar surface area (TPSA) is 54.4 Å². The molecule has 0 bridgehead atoms. The third kappa shape index (κ3) is 2.92. The van der Waals surface area contributed by atoms with Gasteiger partial charge in [-0.3, -0.25) is 9.78 Å². The van der Waals surface area contributed by atoms with Gasteiger partial charge in [-0.15, -0.1) is 0 Å². The van der Waals surface area contributed by atoms with Crippen molar-refractivity contribution in [3.05, 3.63) is 64.7 Å². The average Bonchev–Trinajstić information content (AvgIpc) is 2.55. The molecule has 1 aromatic carbocycles. The van der Waals surface area contributed by atoms with Gasteiger partial charge in [0.2, 0.25) is 5.82 Å². The van der Waals surface area contributed by atoms with E-state index >= 15 is 0 Å². The number of pyridine rings is 1. The van der Waals surface area contributed by atoms with Crippen molar-refractivity contribution >= 4 is 12.1 Å². The number of carbonyl (C=O) groups is 1. The smallest absolute Gasteiger partial charge is 0.266 e. The standard InChI is InChI=1S/C13H6F5N3O/c14-8-6(9(15)11(17)12(18)10(8)16)5-20-21-13(22)7-3-1-2-4-19-7/h1-5H,(H,21,22). The summed E-state index contributed by atoms with van der Waals surface area (Å²) < 4.78 is 65.3. The lowest BCUT2D eigenvalue weighted by Gasteiger charge is -2.04. The van der Waals surface area contributed by atoms with Crippen molar-refractivity contribution in [2.75, 3.05) is 0 Å². The van der Waals surface area contributed by atoms with Crippen LogP contribution in [0.3, 0.4) is 0 Å². The van der Waals surface area contributed by atoms with Crippen LogP contribution in [0.25, 0.3) is 0 Å². The third-order valence-electron chi connectivity index (χ3n) is 2.50. The fourth-order valence-electron chi connectivity index (χ4n) is 1.45. The Kier molecular flexibility index (Phi) is 4.44. The van der Waals surface area contributed by atoms with Crippen LogP contribution in [0.2, 0.25) is 0 Å². The lowest BCUT2D eigenvalue weighted by Crippen LogP contribution is -2.19. The van der Waals surface area contributed by atoms with E-state index < -0.39 is 40.6 Å². The minimum Gasteiger partial charge on any atom is -0.266 e. The molecule has 0 unspecified atom stereocenters. The van der Waals surface area contributed by atoms with Crippen molar-refractivity contribution in [1.29, 1.82) is 0 Å². The van der Waals surface area contributed by atoms with Crippen LogP contribution in [-0.2, 0) is 0 Å². The molecule has 1 heterocycles. The van der Waals surface area contributed by atoms with Gasteiger partial charge in [0.25, 0.3) is 5.91 Å². The molecule has 1 aromatic heterocycles. The highest BCUT2D eigenvalue weighted by Gasteiger charge is 2.24. The number of aromatic nitrogens is 1. The van der Waals surface area contributed by atoms with E-state index in [9.17, 15) is 26.7 Å². The van der Waals surface area contributed by atoms with Crippen LogP contribution in [0.1, 0.15) is 16.1 Å². The van der Waals surface area contributed by atoms with Crippen LogP contribution in [0, 0.1) is 29.1 Å². The Hall–Kier alpha value is -2.84. The Labute approximate surface area is 120 Å². The molecule has 0 atom stereocenters. The van der Waals surface area contributed by atoms with Crippen molar-refractivity contribution < 1.29 is 26.7 Å². The second-order valence-electron chi connectivity index (χ2n) is 3.90. The highest BCUT2D eigenvalue weighted by molar-refractivity contribution is 5.93. The number of amides is 1. The van der Waals surface area contributed by atoms with Gasteiger partial charge in [0, 0.05) is 6.20 Å². The van der Waals surface area contributed by atoms with Crippen molar-refractivity contribution in [3.8, 4) is 0 Å². The Morgan fingerprint density at radius 3 is 2.14 bits per heavy atom. The van der Waals surface area contributed by atoms with Crippen LogP contribution in [0.4, 0.5) is 22.0 Å². The summed E-state index contributed by atoms with van der Waals surface area (Å²) in [6.07, 6.45) is 1.64. The molecule has 114 valence electrons. The normalized spacial score (nSPS) is 11.0. The van der Waals surface area contributed by atoms with Gasteiger partial charge >= 0.3 is 0 Å². The molecule has 0 saturated carbocycles. The molecule has 0 aliphatic rings. The fraction of sp³-hybridized carbons (Fsp3) is 0. The number of nitrogens with zero attached hydrogens (tertiary/aromatic N) is 2. The number of hydrogen-bond acceptors (Lipinski definition) is 3. The van der Waals surface area contributed by atoms with Gasteiger partial charge in [0.15, 0.2) is 23.3 Å². The first-order valence-electron chi connectivity index (χ1n) is 5.69. The molecule has 0 fully saturated rings. The molecule has 1 N–H and O–H groups in total. The van der Waals surface area contributed by atoms with Gasteiger partial charge in [0.05, 0.1) is 11.8 Å². The van der Waals surface area contributed by atoms with E-state index in [0.717, 1.165) is 0 Å². The molecule has 0 aliphatic heterocycles. The lowest BCUT2D eigenvalue weighted by molar-refractivity contribution is 0.0950. The summed E-state index contributed by atoms with van der Waals surface area (Å²) in [6.45, 7) is 0. The van der Waals surface area contributed by atoms with E-state index in [-0.39, 0.29) is 5.69 Å². The third-order valence-corrected chi connectivity index (χ3v) is 2.50. The average molecular weight is 315 g/mol. The number of halogens is 5. The van der Waals surface area contributed by atoms with Gasteiger partial charge in [-0.05, 0) is 12.1 Å². The SMILES string of the molecule is O=C(NN=Cc1c(F)c(F)c(F)c(F)c1F)c1ccccn1. The largest absolute Gasteiger partial charge is 0.289 e. The summed E-state index contributed by atoms with van der Waals surface area (Å²) in [4.78, 5) is 15.2. The Morgan fingerprint density at radius 2 is 1.59 bits per heavy atom. The Morgan fingerprint density at radius 1 is 1.00 bits per heavy atom. The summed E-state index contributed by atoms with van der Waals surface area (Å²) >= 11 is 0. The zero-order valence-electron chi connectivity index (χ0n) is 10.6. The number of hydrogen-bond donors (Lipinski definition) is 1. The number of rotatable bonds is 3. The first-order chi connectivity index (χ1) is 10.4. The molecule has 1 amide bonds. The van der Waals surface area contributed by atoms with Gasteiger partial charge in [-0.1, -0.05) is 6.07 Å². The van der Waals surface area contributed by atoms with E-state index in [1.165, 1.54) is 18.3 Å². The van der Waals surface area contributed by atoms with E-state index in [4.69, 9.17) is 0 Å². The van der Waals surface area contributed by atoms with Crippen LogP contribution < -0.4 is 5.43 Å². The zero-order valence-corrected chi connectivity index (χ0v) is 10.6. The highest BCUT2D eigenvalue weighted by atomic mass is 19.2. The van der Waals surface area contributed by atoms with E-state index in [1.807, 2.05) is 5.43 Å². The Balaban J connectivity index is 2.23. The number of carbonyl (C=O) groups excluding carboxylic acids is 1. The quantitative estimate of drug-likeness (QED) is 0.311. The summed E-state index contributed by atoms with van der Waals surface area (Å²) in [5.41, 5.74) is 0.541. The minimum absolute atomic E-state index is 0.0444. The second kappa shape index (κ2) is 6.29. The summed E-state index contributed by atoms with van der Waals surface area (Å²) in [7, 11) is 0. The van der Waals surface area contributed by atoms with Gasteiger partial charge in [-0.25, -0.2) is 27.4 Å². The highest BCUT2D eigenvalue weighted by Crippen LogP contribution is 2.21. The summed E-state index contributed by atoms with van der Waals surface area (Å²) in [5.74, 6) is -11.4. The minimum atomic E-state index is -2.27.